The molecule has 0 radical (unpaired) electrons. The minimum Gasteiger partial charge on any atom is -0.455 e. The maximum absolute atomic E-state index is 12.3. The molecule has 2 unspecified atom stereocenters. The highest BCUT2D eigenvalue weighted by Crippen LogP contribution is 2.37. The molecule has 1 amide bonds. The normalized spacial score (nSPS) is 22.2. The second-order valence-corrected chi connectivity index (χ2v) is 10.7. The first-order valence-electron chi connectivity index (χ1n) is 9.28. The highest BCUT2D eigenvalue weighted by molar-refractivity contribution is 8.01. The van der Waals surface area contributed by atoms with E-state index in [9.17, 15) is 18.0 Å². The fourth-order valence-corrected chi connectivity index (χ4v) is 6.46. The van der Waals surface area contributed by atoms with Gasteiger partial charge in [0.1, 0.15) is 11.1 Å². The zero-order valence-electron chi connectivity index (χ0n) is 15.8. The van der Waals surface area contributed by atoms with Crippen LogP contribution < -0.4 is 5.32 Å². The maximum Gasteiger partial charge on any atom is 0.320 e. The molecule has 1 aromatic carbocycles. The van der Waals surface area contributed by atoms with E-state index >= 15 is 0 Å². The van der Waals surface area contributed by atoms with Crippen LogP contribution >= 0.6 is 11.8 Å². The molecule has 8 nitrogen and oxygen atoms in total. The van der Waals surface area contributed by atoms with Crippen LogP contribution in [0.4, 0.5) is 5.82 Å². The lowest BCUT2D eigenvalue weighted by Crippen LogP contribution is -2.27. The Morgan fingerprint density at radius 3 is 2.86 bits per heavy atom. The van der Waals surface area contributed by atoms with E-state index in [-0.39, 0.29) is 22.8 Å². The Bertz CT molecular complexity index is 1040. The summed E-state index contributed by atoms with van der Waals surface area (Å²) in [6.45, 7) is 1.37. The molecule has 2 aromatic rings. The topological polar surface area (TPSA) is 107 Å². The van der Waals surface area contributed by atoms with Crippen molar-refractivity contribution in [3.63, 3.8) is 0 Å². The van der Waals surface area contributed by atoms with Crippen molar-refractivity contribution < 1.29 is 22.7 Å². The first kappa shape index (κ1) is 20.0. The summed E-state index contributed by atoms with van der Waals surface area (Å²) in [5.41, 5.74) is 1.77. The van der Waals surface area contributed by atoms with E-state index in [4.69, 9.17) is 4.74 Å². The highest BCUT2D eigenvalue weighted by atomic mass is 32.2. The van der Waals surface area contributed by atoms with Gasteiger partial charge in [-0.3, -0.25) is 9.59 Å². The van der Waals surface area contributed by atoms with Gasteiger partial charge in [0.25, 0.3) is 5.91 Å². The van der Waals surface area contributed by atoms with Gasteiger partial charge in [0, 0.05) is 11.0 Å². The van der Waals surface area contributed by atoms with E-state index in [1.807, 2.05) is 24.3 Å². The number of aryl methyl sites for hydroxylation is 1. The summed E-state index contributed by atoms with van der Waals surface area (Å²) in [5.74, 6) is -0.379. The number of hydrogen-bond donors (Lipinski definition) is 1. The lowest BCUT2D eigenvalue weighted by Gasteiger charge is -2.14. The molecule has 0 saturated carbocycles. The molecule has 1 N–H and O–H groups in total. The molecule has 29 heavy (non-hydrogen) atoms. The van der Waals surface area contributed by atoms with Crippen LogP contribution in [-0.4, -0.2) is 53.4 Å². The van der Waals surface area contributed by atoms with Crippen molar-refractivity contribution in [2.45, 2.75) is 36.0 Å². The van der Waals surface area contributed by atoms with Gasteiger partial charge >= 0.3 is 5.97 Å². The Hall–Kier alpha value is -2.33. The molecule has 0 aliphatic carbocycles. The average molecular weight is 436 g/mol. The molecule has 4 rings (SSSR count). The standard InChI is InChI=1S/C19H21N3O5S2/c1-12-8-17(22(21-12)14-6-7-29(25,26)11-14)20-18(23)10-27-19(24)16-9-13-4-2-3-5-15(13)28-16/h2-5,8,14,16H,6-7,9-11H2,1H3,(H,20,23). The predicted octanol–water partition coefficient (Wildman–Crippen LogP) is 1.75. The van der Waals surface area contributed by atoms with Crippen molar-refractivity contribution >= 4 is 39.3 Å². The van der Waals surface area contributed by atoms with Crippen LogP contribution in [-0.2, 0) is 30.6 Å². The van der Waals surface area contributed by atoms with E-state index in [1.165, 1.54) is 11.8 Å². The second-order valence-electron chi connectivity index (χ2n) is 7.25. The lowest BCUT2D eigenvalue weighted by atomic mass is 10.1. The Morgan fingerprint density at radius 1 is 1.34 bits per heavy atom. The van der Waals surface area contributed by atoms with Gasteiger partial charge in [-0.15, -0.1) is 11.8 Å². The van der Waals surface area contributed by atoms with Crippen molar-refractivity contribution in [3.05, 3.63) is 41.6 Å². The minimum absolute atomic E-state index is 0.00540. The maximum atomic E-state index is 12.3. The number of rotatable bonds is 5. The van der Waals surface area contributed by atoms with Crippen LogP contribution in [0, 0.1) is 6.92 Å². The number of aromatic nitrogens is 2. The number of fused-ring (bicyclic) bond motifs is 1. The minimum atomic E-state index is -3.08. The number of ether oxygens (including phenoxy) is 1. The van der Waals surface area contributed by atoms with E-state index in [1.54, 1.807) is 17.7 Å². The first-order valence-corrected chi connectivity index (χ1v) is 12.0. The van der Waals surface area contributed by atoms with Crippen molar-refractivity contribution in [2.24, 2.45) is 0 Å². The van der Waals surface area contributed by atoms with Gasteiger partial charge in [-0.1, -0.05) is 18.2 Å². The highest BCUT2D eigenvalue weighted by Gasteiger charge is 2.32. The fraction of sp³-hybridized carbons (Fsp3) is 0.421. The van der Waals surface area contributed by atoms with Crippen molar-refractivity contribution in [1.29, 1.82) is 0 Å². The number of hydrogen-bond acceptors (Lipinski definition) is 7. The Labute approximate surface area is 172 Å². The molecule has 0 bridgehead atoms. The summed E-state index contributed by atoms with van der Waals surface area (Å²) >= 11 is 1.45. The van der Waals surface area contributed by atoms with Crippen LogP contribution in [0.5, 0.6) is 0 Å². The predicted molar refractivity (Wildman–Crippen MR) is 109 cm³/mol. The quantitative estimate of drug-likeness (QED) is 0.713. The summed E-state index contributed by atoms with van der Waals surface area (Å²) in [4.78, 5) is 25.7. The fourth-order valence-electron chi connectivity index (χ4n) is 3.58. The zero-order chi connectivity index (χ0) is 20.6. The van der Waals surface area contributed by atoms with Gasteiger partial charge in [-0.25, -0.2) is 13.1 Å². The molecule has 1 fully saturated rings. The zero-order valence-corrected chi connectivity index (χ0v) is 17.5. The van der Waals surface area contributed by atoms with Gasteiger partial charge in [0.05, 0.1) is 23.2 Å². The molecular formula is C19H21N3O5S2. The Morgan fingerprint density at radius 2 is 2.14 bits per heavy atom. The Kier molecular flexibility index (Phi) is 5.39. The lowest BCUT2D eigenvalue weighted by molar-refractivity contribution is -0.146. The third-order valence-electron chi connectivity index (χ3n) is 4.94. The molecule has 1 saturated heterocycles. The van der Waals surface area contributed by atoms with Crippen LogP contribution in [0.2, 0.25) is 0 Å². The number of nitrogens with zero attached hydrogens (tertiary/aromatic N) is 2. The molecule has 154 valence electrons. The molecule has 1 aromatic heterocycles. The van der Waals surface area contributed by atoms with Gasteiger partial charge in [0.15, 0.2) is 16.4 Å². The first-order chi connectivity index (χ1) is 13.8. The van der Waals surface area contributed by atoms with E-state index < -0.39 is 28.3 Å². The number of sulfone groups is 1. The number of benzene rings is 1. The SMILES string of the molecule is Cc1cc(NC(=O)COC(=O)C2Cc3ccccc3S2)n(C2CCS(=O)(=O)C2)n1. The average Bonchev–Trinajstić information content (AvgIpc) is 3.35. The number of esters is 1. The number of carbonyl (C=O) groups is 2. The summed E-state index contributed by atoms with van der Waals surface area (Å²) in [5, 5.41) is 6.65. The molecular weight excluding hydrogens is 414 g/mol. The van der Waals surface area contributed by atoms with Crippen LogP contribution in [0.3, 0.4) is 0 Å². The monoisotopic (exact) mass is 435 g/mol. The third-order valence-corrected chi connectivity index (χ3v) is 7.98. The molecule has 10 heteroatoms. The van der Waals surface area contributed by atoms with Gasteiger partial charge in [0.2, 0.25) is 0 Å². The number of anilines is 1. The molecule has 2 aliphatic rings. The summed E-state index contributed by atoms with van der Waals surface area (Å²) in [6.07, 6.45) is 1.05. The summed E-state index contributed by atoms with van der Waals surface area (Å²) < 4.78 is 30.2. The number of thioether (sulfide) groups is 1. The largest absolute Gasteiger partial charge is 0.455 e. The molecule has 2 aliphatic heterocycles. The van der Waals surface area contributed by atoms with Crippen molar-refractivity contribution in [2.75, 3.05) is 23.4 Å². The number of carbonyl (C=O) groups excluding carboxylic acids is 2. The van der Waals surface area contributed by atoms with E-state index in [0.29, 0.717) is 24.4 Å². The second kappa shape index (κ2) is 7.83. The van der Waals surface area contributed by atoms with Crippen molar-refractivity contribution in [3.8, 4) is 0 Å². The van der Waals surface area contributed by atoms with Crippen LogP contribution in [0.25, 0.3) is 0 Å². The van der Waals surface area contributed by atoms with Crippen molar-refractivity contribution in [1.82, 2.24) is 9.78 Å². The third kappa shape index (κ3) is 4.48. The van der Waals surface area contributed by atoms with Gasteiger partial charge in [-0.2, -0.15) is 5.10 Å². The Balaban J connectivity index is 1.33. The molecule has 0 spiro atoms. The summed E-state index contributed by atoms with van der Waals surface area (Å²) in [6, 6.07) is 9.17. The van der Waals surface area contributed by atoms with Gasteiger partial charge in [-0.05, 0) is 31.4 Å². The van der Waals surface area contributed by atoms with E-state index in [2.05, 4.69) is 10.4 Å². The summed E-state index contributed by atoms with van der Waals surface area (Å²) in [7, 11) is -3.08. The molecule has 2 atom stereocenters. The smallest absolute Gasteiger partial charge is 0.320 e. The number of amides is 1. The molecule has 3 heterocycles. The van der Waals surface area contributed by atoms with Crippen LogP contribution in [0.15, 0.2) is 35.2 Å². The van der Waals surface area contributed by atoms with E-state index in [0.717, 1.165) is 10.5 Å². The number of nitrogens with one attached hydrogen (secondary N) is 1. The van der Waals surface area contributed by atoms with Crippen LogP contribution in [0.1, 0.15) is 23.7 Å². The van der Waals surface area contributed by atoms with Gasteiger partial charge < -0.3 is 10.1 Å².